The Morgan fingerprint density at radius 2 is 0.814 bits per heavy atom. The van der Waals surface area contributed by atoms with Crippen LogP contribution in [-0.2, 0) is 55.2 Å². The Morgan fingerprint density at radius 3 is 1.19 bits per heavy atom. The minimum absolute atomic E-state index is 0.141. The summed E-state index contributed by atoms with van der Waals surface area (Å²) in [5.74, 6) is 3.16. The molecule has 0 saturated carbocycles. The molecule has 5 N–H and O–H groups in total. The van der Waals surface area contributed by atoms with Gasteiger partial charge >= 0.3 is 0 Å². The van der Waals surface area contributed by atoms with Gasteiger partial charge in [0.1, 0.15) is 71.9 Å². The van der Waals surface area contributed by atoms with Crippen LogP contribution in [0.1, 0.15) is 58.2 Å². The lowest BCUT2D eigenvalue weighted by molar-refractivity contribution is 0.0818. The summed E-state index contributed by atoms with van der Waals surface area (Å²) in [6.07, 6.45) is 6.46. The minimum atomic E-state index is -1.15. The number of phenols is 1. The number of pyridine rings is 4. The van der Waals surface area contributed by atoms with Crippen molar-refractivity contribution in [2.24, 2.45) is 10.7 Å². The summed E-state index contributed by atoms with van der Waals surface area (Å²) >= 11 is 0. The lowest BCUT2D eigenvalue weighted by Gasteiger charge is -2.15. The number of halogens is 2. The van der Waals surface area contributed by atoms with E-state index in [-0.39, 0.29) is 5.75 Å². The van der Waals surface area contributed by atoms with E-state index in [4.69, 9.17) is 53.7 Å². The number of aliphatic imine (C=N–C) groups is 1. The fraction of sp³-hybridized carbons (Fsp3) is 0.455. The molecule has 4 aromatic carbocycles. The van der Waals surface area contributed by atoms with Gasteiger partial charge in [-0.05, 0) is 167 Å². The van der Waals surface area contributed by atoms with E-state index in [0.717, 1.165) is 121 Å². The van der Waals surface area contributed by atoms with Crippen LogP contribution >= 0.6 is 0 Å². The van der Waals surface area contributed by atoms with Crippen LogP contribution in [0.5, 0.6) is 23.0 Å². The second-order valence-corrected chi connectivity index (χ2v) is 48.1. The number of methoxy groups -OCH3 is 3. The quantitative estimate of drug-likeness (QED) is 0.0159. The fourth-order valence-electron chi connectivity index (χ4n) is 12.0. The maximum Gasteiger partial charge on any atom is 0.213 e. The van der Waals surface area contributed by atoms with E-state index >= 15 is 0 Å². The van der Waals surface area contributed by atoms with Crippen molar-refractivity contribution in [1.29, 1.82) is 0 Å². The molecule has 7 aromatic heterocycles. The highest BCUT2D eigenvalue weighted by atomic mass is 28.3. The molecule has 12 rings (SSSR count). The Balaban J connectivity index is 0.000000208. The summed E-state index contributed by atoms with van der Waals surface area (Å²) in [6, 6.07) is 40.6. The number of fused-ring (bicyclic) bond motifs is 4. The van der Waals surface area contributed by atoms with Crippen LogP contribution in [-0.4, -0.2) is 209 Å². The molecule has 0 saturated heterocycles. The third-order valence-corrected chi connectivity index (χ3v) is 23.6. The van der Waals surface area contributed by atoms with Gasteiger partial charge < -0.3 is 69.0 Å². The average molecular weight is 1680 g/mol. The Morgan fingerprint density at radius 1 is 0.441 bits per heavy atom. The molecule has 118 heavy (non-hydrogen) atoms. The van der Waals surface area contributed by atoms with Gasteiger partial charge in [0.2, 0.25) is 11.9 Å². The van der Waals surface area contributed by atoms with Crippen molar-refractivity contribution in [1.82, 2.24) is 54.2 Å². The van der Waals surface area contributed by atoms with E-state index in [9.17, 15) is 13.9 Å². The highest BCUT2D eigenvalue weighted by Gasteiger charge is 2.23. The molecule has 0 aliphatic carbocycles. The topological polar surface area (TPSA) is 274 Å². The van der Waals surface area contributed by atoms with Crippen molar-refractivity contribution < 1.29 is 56.5 Å². The average Bonchev–Trinajstić information content (AvgIpc) is 1.64. The standard InChI is InChI=1S/C23H34N4O3Si.C20H26FN3O2Si.C18H22FN3O2Si.C18H21N3O2.C6H15N.C3H9NO/c1-6-30-19-7-8-21-20(16-19)23(26-27(21)17-29-13-14-31(3,4)5)18-9-10-24-22(15-18)25-11-12-28-2;1-5-26-16-6-7-18-17(13-16)20(15-8-9-22-19(21)12-15)23-24(18)14-25-10-11-27(2,3)4;1-25(2,3)9-8-24-12-22-16-5-4-14(23)11-15(16)18(21-22)13-6-7-20-17(19)10-13;1-3-23-15-5-4-14-12-21-18(16(14)11-15)13-6-7-19-17(10-13)20-8-9-22-2;1-4-7(5-2)6-3;1-5-3-2-4/h7-10,15-16H,6,11-14,17H2,1-5H3,(H,24,25);6-9,12-13H,5,10-11,14H2,1-4H3;4-7,10-11,23H,8-9,12H2,1-3H3;4-7,10-11H,3,8-9,12H2,1-2H3,(H,19,20);4-6H2,1-3H3;2-4H2,1H3. The SMILES string of the molecule is CCN(CC)CC.CCOc1ccc2c(c1)C(c1ccnc(NCCOC)c1)=NC2.CCOc1ccc2c(c1)c(-c1ccnc(F)c1)nn2COCC[Si](C)(C)C.CCOc1ccc2c(c1)c(-c1ccnc(NCCOC)c1)nn2COCC[Si](C)(C)C.COCCN.C[Si](C)(C)CCOCn1nc(-c2ccnc(F)c2)c2cc(O)ccc21. The number of hydrogen-bond acceptors (Lipinski definition) is 22. The van der Waals surface area contributed by atoms with Gasteiger partial charge in [0.25, 0.3) is 0 Å². The minimum Gasteiger partial charge on any atom is -0.508 e. The number of rotatable bonds is 38. The van der Waals surface area contributed by atoms with Gasteiger partial charge in [0, 0.05) is 166 Å². The summed E-state index contributed by atoms with van der Waals surface area (Å²) in [5, 5.41) is 33.2. The molecule has 0 amide bonds. The fourth-order valence-corrected chi connectivity index (χ4v) is 14.3. The van der Waals surface area contributed by atoms with E-state index < -0.39 is 36.1 Å². The molecule has 30 heteroatoms. The van der Waals surface area contributed by atoms with Crippen LogP contribution in [0.4, 0.5) is 20.4 Å². The number of anilines is 2. The predicted octanol–water partition coefficient (Wildman–Crippen LogP) is 17.9. The highest BCUT2D eigenvalue weighted by Crippen LogP contribution is 2.36. The Labute approximate surface area is 699 Å². The van der Waals surface area contributed by atoms with Gasteiger partial charge in [-0.1, -0.05) is 85.8 Å². The molecule has 0 spiro atoms. The van der Waals surface area contributed by atoms with Crippen LogP contribution in [0.25, 0.3) is 66.5 Å². The zero-order chi connectivity index (χ0) is 85.6. The first-order valence-corrected chi connectivity index (χ1v) is 51.9. The summed E-state index contributed by atoms with van der Waals surface area (Å²) in [5.41, 5.74) is 16.7. The Kier molecular flexibility index (Phi) is 39.9. The third kappa shape index (κ3) is 31.4. The van der Waals surface area contributed by atoms with E-state index in [2.05, 4.69) is 154 Å². The van der Waals surface area contributed by atoms with Gasteiger partial charge in [0.05, 0.1) is 68.4 Å². The molecular formula is C88H127F2N15O10Si3. The second kappa shape index (κ2) is 49.2. The van der Waals surface area contributed by atoms with Gasteiger partial charge in [-0.15, -0.1) is 0 Å². The van der Waals surface area contributed by atoms with Crippen molar-refractivity contribution in [3.05, 3.63) is 175 Å². The van der Waals surface area contributed by atoms with Crippen molar-refractivity contribution in [2.45, 2.75) is 145 Å². The second-order valence-electron chi connectivity index (χ2n) is 31.3. The smallest absolute Gasteiger partial charge is 0.213 e. The number of nitrogens with zero attached hydrogens (tertiary/aromatic N) is 12. The van der Waals surface area contributed by atoms with E-state index in [1.807, 2.05) is 84.7 Å². The van der Waals surface area contributed by atoms with Gasteiger partial charge in [-0.3, -0.25) is 4.99 Å². The van der Waals surface area contributed by atoms with Crippen LogP contribution < -0.4 is 30.6 Å². The van der Waals surface area contributed by atoms with Crippen LogP contribution in [0, 0.1) is 11.9 Å². The van der Waals surface area contributed by atoms with Crippen molar-refractivity contribution in [3.63, 3.8) is 0 Å². The first-order valence-electron chi connectivity index (χ1n) is 40.7. The summed E-state index contributed by atoms with van der Waals surface area (Å²) in [6.45, 7) is 46.8. The first-order chi connectivity index (χ1) is 56.7. The maximum absolute atomic E-state index is 13.6. The number of ether oxygens (including phenoxy) is 9. The van der Waals surface area contributed by atoms with E-state index in [0.29, 0.717) is 115 Å². The molecule has 1 aliphatic rings. The number of nitrogens with two attached hydrogens (primary N) is 1. The van der Waals surface area contributed by atoms with Crippen LogP contribution in [0.2, 0.25) is 77.1 Å². The molecule has 25 nitrogen and oxygen atoms in total. The summed E-state index contributed by atoms with van der Waals surface area (Å²) < 4.78 is 82.0. The van der Waals surface area contributed by atoms with Crippen molar-refractivity contribution >= 4 is 74.3 Å². The molecule has 0 atom stereocenters. The van der Waals surface area contributed by atoms with E-state index in [1.54, 1.807) is 68.7 Å². The third-order valence-electron chi connectivity index (χ3n) is 18.4. The number of aromatic nitrogens is 10. The normalized spacial score (nSPS) is 11.8. The number of nitrogens with one attached hydrogen (secondary N) is 2. The van der Waals surface area contributed by atoms with E-state index in [1.165, 1.54) is 49.7 Å². The molecule has 0 radical (unpaired) electrons. The largest absolute Gasteiger partial charge is 0.508 e. The molecule has 11 aromatic rings. The van der Waals surface area contributed by atoms with Crippen LogP contribution in [0.15, 0.2) is 151 Å². The van der Waals surface area contributed by atoms with Gasteiger partial charge in [0.15, 0.2) is 0 Å². The lowest BCUT2D eigenvalue weighted by Crippen LogP contribution is -2.22. The monoisotopic (exact) mass is 1680 g/mol. The molecule has 640 valence electrons. The van der Waals surface area contributed by atoms with Gasteiger partial charge in [-0.25, -0.2) is 34.0 Å². The summed E-state index contributed by atoms with van der Waals surface area (Å²) in [4.78, 5) is 23.0. The van der Waals surface area contributed by atoms with Crippen molar-refractivity contribution in [3.8, 4) is 56.8 Å². The number of hydrogen-bond donors (Lipinski definition) is 4. The zero-order valence-corrected chi connectivity index (χ0v) is 75.7. The number of benzene rings is 4. The predicted molar refractivity (Wildman–Crippen MR) is 481 cm³/mol. The summed E-state index contributed by atoms with van der Waals surface area (Å²) in [7, 11) is 1.59. The number of phenolic OH excluding ortho intramolecular Hbond substituents is 1. The molecule has 1 aliphatic heterocycles. The van der Waals surface area contributed by atoms with Crippen LogP contribution in [0.3, 0.4) is 0 Å². The highest BCUT2D eigenvalue weighted by molar-refractivity contribution is 6.76. The molecular weight excluding hydrogens is 1550 g/mol. The zero-order valence-electron chi connectivity index (χ0n) is 72.7. The molecule has 0 fully saturated rings. The first kappa shape index (κ1) is 95.7. The Hall–Kier alpha value is -9.45. The Bertz CT molecular complexity index is 4850. The molecule has 8 heterocycles. The maximum atomic E-state index is 13.6. The molecule has 0 bridgehead atoms. The van der Waals surface area contributed by atoms with Gasteiger partial charge in [-0.2, -0.15) is 24.1 Å². The molecule has 0 unspecified atom stereocenters. The number of aromatic hydroxyl groups is 1. The van der Waals surface area contributed by atoms with Crippen molar-refractivity contribution in [2.75, 3.05) is 131 Å². The lowest BCUT2D eigenvalue weighted by atomic mass is 10.0.